The fourth-order valence-corrected chi connectivity index (χ4v) is 2.93. The first kappa shape index (κ1) is 14.6. The summed E-state index contributed by atoms with van der Waals surface area (Å²) in [5, 5.41) is 4.01. The highest BCUT2D eigenvalue weighted by Gasteiger charge is 2.35. The number of amides is 1. The van der Waals surface area contributed by atoms with Crippen LogP contribution in [0, 0.1) is 6.92 Å². The lowest BCUT2D eigenvalue weighted by atomic mass is 10.1. The van der Waals surface area contributed by atoms with Crippen LogP contribution < -0.4 is 4.90 Å². The van der Waals surface area contributed by atoms with Crippen molar-refractivity contribution in [3.63, 3.8) is 0 Å². The van der Waals surface area contributed by atoms with Crippen molar-refractivity contribution in [2.24, 2.45) is 0 Å². The molecule has 1 aliphatic heterocycles. The van der Waals surface area contributed by atoms with E-state index in [0.29, 0.717) is 24.7 Å². The summed E-state index contributed by atoms with van der Waals surface area (Å²) >= 11 is 0. The molecule has 3 heterocycles. The molecule has 1 saturated heterocycles. The van der Waals surface area contributed by atoms with Gasteiger partial charge in [-0.3, -0.25) is 9.78 Å². The molecule has 0 N–H and O–H groups in total. The van der Waals surface area contributed by atoms with Gasteiger partial charge in [-0.2, -0.15) is 4.98 Å². The van der Waals surface area contributed by atoms with Crippen LogP contribution in [0.25, 0.3) is 11.4 Å². The Bertz CT molecular complexity index is 875. The van der Waals surface area contributed by atoms with Crippen LogP contribution in [0.5, 0.6) is 0 Å². The van der Waals surface area contributed by atoms with Crippen LogP contribution in [0.3, 0.4) is 0 Å². The highest BCUT2D eigenvalue weighted by Crippen LogP contribution is 2.32. The summed E-state index contributed by atoms with van der Waals surface area (Å²) in [6.45, 7) is 2.57. The van der Waals surface area contributed by atoms with Crippen LogP contribution in [0.1, 0.15) is 23.8 Å². The molecule has 1 atom stereocenters. The average Bonchev–Trinajstić information content (AvgIpc) is 3.22. The topological polar surface area (TPSA) is 72.1 Å². The average molecular weight is 320 g/mol. The molecule has 1 aliphatic rings. The van der Waals surface area contributed by atoms with Crippen molar-refractivity contribution >= 4 is 11.6 Å². The van der Waals surface area contributed by atoms with Gasteiger partial charge in [0.25, 0.3) is 0 Å². The van der Waals surface area contributed by atoms with Crippen molar-refractivity contribution in [1.82, 2.24) is 15.1 Å². The second-order valence-electron chi connectivity index (χ2n) is 5.94. The lowest BCUT2D eigenvalue weighted by Crippen LogP contribution is -2.24. The number of aromatic nitrogens is 3. The largest absolute Gasteiger partial charge is 0.339 e. The second-order valence-corrected chi connectivity index (χ2v) is 5.94. The van der Waals surface area contributed by atoms with Crippen LogP contribution in [-0.2, 0) is 4.79 Å². The van der Waals surface area contributed by atoms with Gasteiger partial charge in [0.2, 0.25) is 17.6 Å². The zero-order valence-corrected chi connectivity index (χ0v) is 13.2. The van der Waals surface area contributed by atoms with Gasteiger partial charge in [-0.25, -0.2) is 0 Å². The Kier molecular flexibility index (Phi) is 3.57. The number of aryl methyl sites for hydroxylation is 1. The predicted molar refractivity (Wildman–Crippen MR) is 88.4 cm³/mol. The van der Waals surface area contributed by atoms with E-state index in [9.17, 15) is 4.79 Å². The van der Waals surface area contributed by atoms with Crippen LogP contribution in [0.2, 0.25) is 0 Å². The van der Waals surface area contributed by atoms with Crippen LogP contribution in [0.4, 0.5) is 5.69 Å². The molecule has 120 valence electrons. The minimum atomic E-state index is -0.0871. The first-order valence-electron chi connectivity index (χ1n) is 7.82. The quantitative estimate of drug-likeness (QED) is 0.742. The maximum Gasteiger partial charge on any atom is 0.232 e. The summed E-state index contributed by atoms with van der Waals surface area (Å²) in [5.74, 6) is 0.986. The van der Waals surface area contributed by atoms with E-state index in [1.165, 1.54) is 0 Å². The van der Waals surface area contributed by atoms with E-state index in [0.717, 1.165) is 16.8 Å². The van der Waals surface area contributed by atoms with Gasteiger partial charge in [-0.1, -0.05) is 17.3 Å². The summed E-state index contributed by atoms with van der Waals surface area (Å²) in [6, 6.07) is 11.6. The van der Waals surface area contributed by atoms with Gasteiger partial charge in [0.1, 0.15) is 0 Å². The minimum absolute atomic E-state index is 0.0757. The zero-order valence-electron chi connectivity index (χ0n) is 13.2. The highest BCUT2D eigenvalue weighted by atomic mass is 16.5. The monoisotopic (exact) mass is 320 g/mol. The Morgan fingerprint density at radius 2 is 2.17 bits per heavy atom. The molecule has 6 nitrogen and oxygen atoms in total. The van der Waals surface area contributed by atoms with Gasteiger partial charge in [0.15, 0.2) is 0 Å². The molecular formula is C18H16N4O2. The number of pyridine rings is 1. The van der Waals surface area contributed by atoms with Crippen molar-refractivity contribution in [3.05, 3.63) is 60.2 Å². The molecule has 1 fully saturated rings. The summed E-state index contributed by atoms with van der Waals surface area (Å²) in [7, 11) is 0. The first-order valence-corrected chi connectivity index (χ1v) is 7.82. The van der Waals surface area contributed by atoms with E-state index >= 15 is 0 Å². The van der Waals surface area contributed by atoms with Crippen molar-refractivity contribution in [3.8, 4) is 11.4 Å². The summed E-state index contributed by atoms with van der Waals surface area (Å²) in [4.78, 5) is 22.7. The van der Waals surface area contributed by atoms with E-state index in [-0.39, 0.29) is 11.8 Å². The number of nitrogens with zero attached hydrogens (tertiary/aromatic N) is 4. The van der Waals surface area contributed by atoms with Gasteiger partial charge in [0, 0.05) is 36.6 Å². The van der Waals surface area contributed by atoms with Crippen molar-refractivity contribution in [2.75, 3.05) is 11.4 Å². The minimum Gasteiger partial charge on any atom is -0.339 e. The molecule has 0 bridgehead atoms. The Morgan fingerprint density at radius 3 is 2.96 bits per heavy atom. The number of hydrogen-bond acceptors (Lipinski definition) is 5. The summed E-state index contributed by atoms with van der Waals surface area (Å²) < 4.78 is 5.39. The fourth-order valence-electron chi connectivity index (χ4n) is 2.93. The van der Waals surface area contributed by atoms with Gasteiger partial charge in [-0.05, 0) is 36.8 Å². The second kappa shape index (κ2) is 5.88. The maximum absolute atomic E-state index is 12.4. The van der Waals surface area contributed by atoms with E-state index < -0.39 is 0 Å². The molecule has 3 aromatic rings. The Balaban J connectivity index is 1.56. The van der Waals surface area contributed by atoms with Gasteiger partial charge in [0.05, 0.1) is 5.92 Å². The third-order valence-electron chi connectivity index (χ3n) is 4.15. The number of anilines is 1. The molecular weight excluding hydrogens is 304 g/mol. The highest BCUT2D eigenvalue weighted by molar-refractivity contribution is 5.96. The lowest BCUT2D eigenvalue weighted by molar-refractivity contribution is -0.117. The van der Waals surface area contributed by atoms with Crippen LogP contribution in [-0.4, -0.2) is 27.6 Å². The molecule has 0 spiro atoms. The van der Waals surface area contributed by atoms with Crippen LogP contribution >= 0.6 is 0 Å². The number of carbonyl (C=O) groups is 1. The van der Waals surface area contributed by atoms with Crippen LogP contribution in [0.15, 0.2) is 53.3 Å². The molecule has 1 aromatic carbocycles. The van der Waals surface area contributed by atoms with Gasteiger partial charge in [-0.15, -0.1) is 0 Å². The van der Waals surface area contributed by atoms with Crippen molar-refractivity contribution < 1.29 is 9.32 Å². The molecule has 0 saturated carbocycles. The third kappa shape index (κ3) is 2.67. The maximum atomic E-state index is 12.4. The smallest absolute Gasteiger partial charge is 0.232 e. The van der Waals surface area contributed by atoms with E-state index in [4.69, 9.17) is 4.52 Å². The third-order valence-corrected chi connectivity index (χ3v) is 4.15. The first-order chi connectivity index (χ1) is 11.7. The SMILES string of the molecule is Cc1cccc(N2CC(c3nc(-c4cccnc4)no3)CC2=O)c1. The Morgan fingerprint density at radius 1 is 1.25 bits per heavy atom. The van der Waals surface area contributed by atoms with E-state index in [2.05, 4.69) is 15.1 Å². The number of carbonyl (C=O) groups excluding carboxylic acids is 1. The lowest BCUT2D eigenvalue weighted by Gasteiger charge is -2.16. The molecule has 24 heavy (non-hydrogen) atoms. The molecule has 0 radical (unpaired) electrons. The van der Waals surface area contributed by atoms with Crippen molar-refractivity contribution in [1.29, 1.82) is 0 Å². The number of benzene rings is 1. The molecule has 4 rings (SSSR count). The Hall–Kier alpha value is -3.02. The summed E-state index contributed by atoms with van der Waals surface area (Å²) in [5.41, 5.74) is 2.84. The number of rotatable bonds is 3. The standard InChI is InChI=1S/C18H16N4O2/c1-12-4-2-6-15(8-12)22-11-14(9-16(22)23)18-20-17(21-24-18)13-5-3-7-19-10-13/h2-8,10,14H,9,11H2,1H3. The van der Waals surface area contributed by atoms with Gasteiger partial charge < -0.3 is 9.42 Å². The summed E-state index contributed by atoms with van der Waals surface area (Å²) in [6.07, 6.45) is 3.76. The zero-order chi connectivity index (χ0) is 16.5. The molecule has 2 aromatic heterocycles. The van der Waals surface area contributed by atoms with Gasteiger partial charge >= 0.3 is 0 Å². The molecule has 6 heteroatoms. The molecule has 1 unspecified atom stereocenters. The predicted octanol–water partition coefficient (Wildman–Crippen LogP) is 2.96. The molecule has 0 aliphatic carbocycles. The number of hydrogen-bond donors (Lipinski definition) is 0. The van der Waals surface area contributed by atoms with Crippen molar-refractivity contribution in [2.45, 2.75) is 19.3 Å². The van der Waals surface area contributed by atoms with E-state index in [1.807, 2.05) is 43.3 Å². The van der Waals surface area contributed by atoms with E-state index in [1.54, 1.807) is 17.3 Å². The fraction of sp³-hybridized carbons (Fsp3) is 0.222. The molecule has 1 amide bonds. The normalized spacial score (nSPS) is 17.5. The Labute approximate surface area is 139 Å².